The topological polar surface area (TPSA) is 84.5 Å². The number of alkyl carbamates (subject to hydrolysis) is 1. The molecular formula is C15H21ClN2O4S. The van der Waals surface area contributed by atoms with E-state index in [1.54, 1.807) is 32.9 Å². The van der Waals surface area contributed by atoms with E-state index in [0.717, 1.165) is 6.26 Å². The lowest BCUT2D eigenvalue weighted by molar-refractivity contribution is 0.0523. The number of rotatable bonds is 5. The molecule has 1 aromatic carbocycles. The van der Waals surface area contributed by atoms with Gasteiger partial charge in [-0.15, -0.1) is 0 Å². The Hall–Kier alpha value is -1.73. The van der Waals surface area contributed by atoms with Crippen molar-refractivity contribution in [1.82, 2.24) is 5.32 Å². The quantitative estimate of drug-likeness (QED) is 0.843. The second-order valence-corrected chi connectivity index (χ2v) is 8.13. The van der Waals surface area contributed by atoms with Crippen molar-refractivity contribution in [1.29, 1.82) is 0 Å². The van der Waals surface area contributed by atoms with E-state index in [2.05, 4.69) is 16.6 Å². The summed E-state index contributed by atoms with van der Waals surface area (Å²) in [5.41, 5.74) is 0.876. The van der Waals surface area contributed by atoms with Crippen LogP contribution in [0.4, 0.5) is 10.5 Å². The maximum Gasteiger partial charge on any atom is 0.407 e. The second kappa shape index (κ2) is 7.23. The van der Waals surface area contributed by atoms with Crippen LogP contribution >= 0.6 is 11.6 Å². The molecule has 1 aromatic rings. The Labute approximate surface area is 141 Å². The highest BCUT2D eigenvalue weighted by Gasteiger charge is 2.16. The van der Waals surface area contributed by atoms with E-state index in [9.17, 15) is 13.2 Å². The van der Waals surface area contributed by atoms with Crippen molar-refractivity contribution >= 4 is 39.5 Å². The fourth-order valence-corrected chi connectivity index (χ4v) is 2.68. The Kier molecular flexibility index (Phi) is 6.07. The van der Waals surface area contributed by atoms with Crippen LogP contribution in [0.15, 0.2) is 18.7 Å². The van der Waals surface area contributed by atoms with Crippen molar-refractivity contribution in [2.24, 2.45) is 0 Å². The number of nitrogens with one attached hydrogen (secondary N) is 2. The number of hydrogen-bond acceptors (Lipinski definition) is 4. The summed E-state index contributed by atoms with van der Waals surface area (Å²) in [5.74, 6) is 0. The zero-order valence-electron chi connectivity index (χ0n) is 13.6. The summed E-state index contributed by atoms with van der Waals surface area (Å²) < 4.78 is 30.2. The molecule has 128 valence electrons. The molecule has 0 spiro atoms. The number of hydrogen-bond donors (Lipinski definition) is 2. The molecular weight excluding hydrogens is 340 g/mol. The van der Waals surface area contributed by atoms with Gasteiger partial charge in [-0.2, -0.15) is 0 Å². The van der Waals surface area contributed by atoms with Gasteiger partial charge in [-0.25, -0.2) is 13.2 Å². The maximum absolute atomic E-state index is 11.6. The molecule has 2 N–H and O–H groups in total. The number of anilines is 1. The van der Waals surface area contributed by atoms with E-state index < -0.39 is 21.7 Å². The molecule has 6 nitrogen and oxygen atoms in total. The Morgan fingerprint density at radius 2 is 2.00 bits per heavy atom. The number of sulfonamides is 1. The van der Waals surface area contributed by atoms with E-state index in [1.165, 1.54) is 6.08 Å². The van der Waals surface area contributed by atoms with Crippen molar-refractivity contribution in [2.45, 2.75) is 32.9 Å². The molecule has 0 bridgehead atoms. The standard InChI is InChI=1S/C15H21ClN2O4S/c1-6-11-7-10(9-17-14(19)22-15(2,3)4)8-12(16)13(11)18-23(5,20)21/h6-8,18H,1,9H2,2-5H3,(H,17,19). The van der Waals surface area contributed by atoms with Gasteiger partial charge in [-0.05, 0) is 44.0 Å². The number of amides is 1. The van der Waals surface area contributed by atoms with Crippen LogP contribution in [0.2, 0.25) is 5.02 Å². The number of benzene rings is 1. The molecule has 0 saturated carbocycles. The fourth-order valence-electron chi connectivity index (χ4n) is 1.73. The van der Waals surface area contributed by atoms with E-state index in [4.69, 9.17) is 16.3 Å². The maximum atomic E-state index is 11.6. The minimum atomic E-state index is -3.46. The first-order valence-electron chi connectivity index (χ1n) is 6.81. The highest BCUT2D eigenvalue weighted by Crippen LogP contribution is 2.29. The third-order valence-corrected chi connectivity index (χ3v) is 3.40. The number of ether oxygens (including phenoxy) is 1. The largest absolute Gasteiger partial charge is 0.444 e. The predicted molar refractivity (Wildman–Crippen MR) is 93.1 cm³/mol. The molecule has 0 atom stereocenters. The van der Waals surface area contributed by atoms with Crippen LogP contribution in [0.25, 0.3) is 6.08 Å². The van der Waals surface area contributed by atoms with Gasteiger partial charge in [0.15, 0.2) is 0 Å². The minimum Gasteiger partial charge on any atom is -0.444 e. The molecule has 0 radical (unpaired) electrons. The highest BCUT2D eigenvalue weighted by atomic mass is 35.5. The Bertz CT molecular complexity index is 709. The summed E-state index contributed by atoms with van der Waals surface area (Å²) in [6.45, 7) is 9.14. The summed E-state index contributed by atoms with van der Waals surface area (Å²) in [6.07, 6.45) is 1.97. The summed E-state index contributed by atoms with van der Waals surface area (Å²) in [5, 5.41) is 2.83. The predicted octanol–water partition coefficient (Wildman–Crippen LogP) is 3.38. The summed E-state index contributed by atoms with van der Waals surface area (Å²) >= 11 is 6.12. The lowest BCUT2D eigenvalue weighted by atomic mass is 10.1. The van der Waals surface area contributed by atoms with Crippen LogP contribution in [0, 0.1) is 0 Å². The third-order valence-electron chi connectivity index (χ3n) is 2.52. The number of halogens is 1. The van der Waals surface area contributed by atoms with E-state index in [-0.39, 0.29) is 17.3 Å². The molecule has 0 aromatic heterocycles. The first kappa shape index (κ1) is 19.3. The van der Waals surface area contributed by atoms with E-state index in [1.807, 2.05) is 0 Å². The normalized spacial score (nSPS) is 11.7. The molecule has 0 aliphatic rings. The van der Waals surface area contributed by atoms with Crippen LogP contribution in [0.1, 0.15) is 31.9 Å². The molecule has 0 aliphatic heterocycles. The van der Waals surface area contributed by atoms with Crippen LogP contribution in [-0.4, -0.2) is 26.4 Å². The molecule has 23 heavy (non-hydrogen) atoms. The minimum absolute atomic E-state index is 0.189. The average Bonchev–Trinajstić information content (AvgIpc) is 2.35. The van der Waals surface area contributed by atoms with Gasteiger partial charge in [-0.1, -0.05) is 24.3 Å². The lowest BCUT2D eigenvalue weighted by Gasteiger charge is -2.20. The van der Waals surface area contributed by atoms with Crippen LogP contribution in [-0.2, 0) is 21.3 Å². The van der Waals surface area contributed by atoms with Crippen LogP contribution < -0.4 is 10.0 Å². The van der Waals surface area contributed by atoms with Crippen molar-refractivity contribution in [3.8, 4) is 0 Å². The SMILES string of the molecule is C=Cc1cc(CNC(=O)OC(C)(C)C)cc(Cl)c1NS(C)(=O)=O. The van der Waals surface area contributed by atoms with Gasteiger partial charge in [0, 0.05) is 6.54 Å². The lowest BCUT2D eigenvalue weighted by Crippen LogP contribution is -2.32. The van der Waals surface area contributed by atoms with Gasteiger partial charge >= 0.3 is 6.09 Å². The Morgan fingerprint density at radius 1 is 1.39 bits per heavy atom. The van der Waals surface area contributed by atoms with Crippen molar-refractivity contribution < 1.29 is 17.9 Å². The van der Waals surface area contributed by atoms with E-state index >= 15 is 0 Å². The van der Waals surface area contributed by atoms with Crippen molar-refractivity contribution in [3.05, 3.63) is 34.9 Å². The van der Waals surface area contributed by atoms with Crippen molar-refractivity contribution in [2.75, 3.05) is 11.0 Å². The Morgan fingerprint density at radius 3 is 2.48 bits per heavy atom. The average molecular weight is 361 g/mol. The van der Waals surface area contributed by atoms with Crippen molar-refractivity contribution in [3.63, 3.8) is 0 Å². The molecule has 0 unspecified atom stereocenters. The number of carbonyl (C=O) groups excluding carboxylic acids is 1. The number of carbonyl (C=O) groups is 1. The smallest absolute Gasteiger partial charge is 0.407 e. The third kappa shape index (κ3) is 6.92. The van der Waals surface area contributed by atoms with Gasteiger partial charge in [0.2, 0.25) is 10.0 Å². The first-order chi connectivity index (χ1) is 10.4. The Balaban J connectivity index is 2.93. The van der Waals surface area contributed by atoms with Crippen LogP contribution in [0.3, 0.4) is 0 Å². The molecule has 0 heterocycles. The summed E-state index contributed by atoms with van der Waals surface area (Å²) in [4.78, 5) is 11.6. The molecule has 0 aliphatic carbocycles. The zero-order valence-corrected chi connectivity index (χ0v) is 15.1. The monoisotopic (exact) mass is 360 g/mol. The van der Waals surface area contributed by atoms with Gasteiger partial charge in [-0.3, -0.25) is 4.72 Å². The van der Waals surface area contributed by atoms with Gasteiger partial charge in [0.1, 0.15) is 5.60 Å². The molecule has 1 rings (SSSR count). The molecule has 1 amide bonds. The first-order valence-corrected chi connectivity index (χ1v) is 9.08. The summed E-state index contributed by atoms with van der Waals surface area (Å²) in [6, 6.07) is 3.25. The molecule has 0 fully saturated rings. The fraction of sp³-hybridized carbons (Fsp3) is 0.400. The van der Waals surface area contributed by atoms with E-state index in [0.29, 0.717) is 11.1 Å². The summed E-state index contributed by atoms with van der Waals surface area (Å²) in [7, 11) is -3.46. The van der Waals surface area contributed by atoms with Crippen LogP contribution in [0.5, 0.6) is 0 Å². The second-order valence-electron chi connectivity index (χ2n) is 5.98. The highest BCUT2D eigenvalue weighted by molar-refractivity contribution is 7.92. The molecule has 8 heteroatoms. The molecule has 0 saturated heterocycles. The van der Waals surface area contributed by atoms with Gasteiger partial charge in [0.05, 0.1) is 17.0 Å². The van der Waals surface area contributed by atoms with Gasteiger partial charge < -0.3 is 10.1 Å². The zero-order chi connectivity index (χ0) is 17.8. The van der Waals surface area contributed by atoms with Gasteiger partial charge in [0.25, 0.3) is 0 Å².